The van der Waals surface area contributed by atoms with Crippen LogP contribution in [0.15, 0.2) is 47.6 Å². The van der Waals surface area contributed by atoms with Crippen molar-refractivity contribution in [3.63, 3.8) is 0 Å². The third-order valence-electron chi connectivity index (χ3n) is 3.20. The molecular weight excluding hydrogens is 282 g/mol. The second kappa shape index (κ2) is 6.31. The summed E-state index contributed by atoms with van der Waals surface area (Å²) >= 11 is 1.45. The molecule has 0 fully saturated rings. The van der Waals surface area contributed by atoms with Gasteiger partial charge in [0.15, 0.2) is 0 Å². The molecule has 0 amide bonds. The Morgan fingerprint density at radius 1 is 1.19 bits per heavy atom. The van der Waals surface area contributed by atoms with Crippen LogP contribution in [0.2, 0.25) is 0 Å². The fourth-order valence-electron chi connectivity index (χ4n) is 1.92. The predicted molar refractivity (Wildman–Crippen MR) is 85.9 cm³/mol. The zero-order valence-electron chi connectivity index (χ0n) is 12.5. The van der Waals surface area contributed by atoms with Gasteiger partial charge in [-0.2, -0.15) is 0 Å². The molecule has 1 N–H and O–H groups in total. The zero-order chi connectivity index (χ0) is 15.5. The van der Waals surface area contributed by atoms with E-state index < -0.39 is 5.97 Å². The molecule has 0 atom stereocenters. The highest BCUT2D eigenvalue weighted by molar-refractivity contribution is 7.98. The van der Waals surface area contributed by atoms with Crippen LogP contribution in [0.1, 0.15) is 42.3 Å². The molecule has 1 aromatic carbocycles. The van der Waals surface area contributed by atoms with Gasteiger partial charge in [0.05, 0.1) is 5.56 Å². The summed E-state index contributed by atoms with van der Waals surface area (Å²) in [5, 5.41) is 9.70. The number of carboxylic acid groups (broad SMARTS) is 1. The number of pyridine rings is 1. The topological polar surface area (TPSA) is 50.2 Å². The van der Waals surface area contributed by atoms with Crippen LogP contribution in [-0.4, -0.2) is 16.1 Å². The second-order valence-corrected chi connectivity index (χ2v) is 6.86. The van der Waals surface area contributed by atoms with E-state index in [-0.39, 0.29) is 11.0 Å². The van der Waals surface area contributed by atoms with Gasteiger partial charge in [0.25, 0.3) is 0 Å². The first-order chi connectivity index (χ1) is 9.88. The van der Waals surface area contributed by atoms with Gasteiger partial charge < -0.3 is 5.11 Å². The molecule has 0 saturated heterocycles. The number of aromatic nitrogens is 1. The number of rotatable bonds is 4. The highest BCUT2D eigenvalue weighted by Crippen LogP contribution is 2.26. The summed E-state index contributed by atoms with van der Waals surface area (Å²) in [4.78, 5) is 15.3. The molecule has 1 heterocycles. The molecule has 0 bridgehead atoms. The van der Waals surface area contributed by atoms with Gasteiger partial charge in [0.2, 0.25) is 0 Å². The quantitative estimate of drug-likeness (QED) is 0.852. The van der Waals surface area contributed by atoms with Gasteiger partial charge in [-0.05, 0) is 28.7 Å². The molecule has 21 heavy (non-hydrogen) atoms. The van der Waals surface area contributed by atoms with Gasteiger partial charge in [-0.25, -0.2) is 9.78 Å². The molecular formula is C17H19NO2S. The highest BCUT2D eigenvalue weighted by Gasteiger charge is 2.14. The first-order valence-electron chi connectivity index (χ1n) is 6.78. The lowest BCUT2D eigenvalue weighted by Crippen LogP contribution is -2.10. The fourth-order valence-corrected chi connectivity index (χ4v) is 2.86. The highest BCUT2D eigenvalue weighted by atomic mass is 32.2. The lowest BCUT2D eigenvalue weighted by molar-refractivity contribution is 0.0692. The monoisotopic (exact) mass is 301 g/mol. The Morgan fingerprint density at radius 3 is 2.43 bits per heavy atom. The van der Waals surface area contributed by atoms with E-state index >= 15 is 0 Å². The van der Waals surface area contributed by atoms with Gasteiger partial charge in [-0.3, -0.25) is 0 Å². The van der Waals surface area contributed by atoms with E-state index in [2.05, 4.69) is 50.0 Å². The maximum absolute atomic E-state index is 11.1. The Labute approximate surface area is 129 Å². The van der Waals surface area contributed by atoms with E-state index in [1.54, 1.807) is 18.3 Å². The Balaban J connectivity index is 2.09. The average Bonchev–Trinajstić information content (AvgIpc) is 2.45. The van der Waals surface area contributed by atoms with Crippen molar-refractivity contribution in [1.29, 1.82) is 0 Å². The summed E-state index contributed by atoms with van der Waals surface area (Å²) in [5.41, 5.74) is 2.85. The minimum absolute atomic E-state index is 0.142. The van der Waals surface area contributed by atoms with Crippen LogP contribution in [0.4, 0.5) is 0 Å². The third-order valence-corrected chi connectivity index (χ3v) is 4.27. The predicted octanol–water partition coefficient (Wildman–Crippen LogP) is 4.37. The molecule has 0 radical (unpaired) electrons. The smallest absolute Gasteiger partial charge is 0.338 e. The van der Waals surface area contributed by atoms with Gasteiger partial charge in [0.1, 0.15) is 5.03 Å². The SMILES string of the molecule is CC(C)(C)c1ccc(CSc2ncccc2C(=O)O)cc1. The van der Waals surface area contributed by atoms with E-state index in [4.69, 9.17) is 5.11 Å². The van der Waals surface area contributed by atoms with Crippen LogP contribution in [0, 0.1) is 0 Å². The lowest BCUT2D eigenvalue weighted by Gasteiger charge is -2.19. The molecule has 4 heteroatoms. The average molecular weight is 301 g/mol. The van der Waals surface area contributed by atoms with Crippen molar-refractivity contribution in [2.24, 2.45) is 0 Å². The van der Waals surface area contributed by atoms with E-state index in [1.807, 2.05) is 0 Å². The first-order valence-corrected chi connectivity index (χ1v) is 7.77. The van der Waals surface area contributed by atoms with Crippen LogP contribution in [0.3, 0.4) is 0 Å². The van der Waals surface area contributed by atoms with Crippen molar-refractivity contribution < 1.29 is 9.90 Å². The maximum atomic E-state index is 11.1. The van der Waals surface area contributed by atoms with E-state index in [0.717, 1.165) is 5.56 Å². The number of hydrogen-bond donors (Lipinski definition) is 1. The Morgan fingerprint density at radius 2 is 1.86 bits per heavy atom. The molecule has 0 spiro atoms. The number of carboxylic acids is 1. The molecule has 0 aliphatic rings. The Kier molecular flexibility index (Phi) is 4.68. The summed E-state index contributed by atoms with van der Waals surface area (Å²) in [6, 6.07) is 11.7. The fraction of sp³-hybridized carbons (Fsp3) is 0.294. The largest absolute Gasteiger partial charge is 0.478 e. The van der Waals surface area contributed by atoms with Crippen molar-refractivity contribution in [2.75, 3.05) is 0 Å². The summed E-state index contributed by atoms with van der Waals surface area (Å²) in [7, 11) is 0. The van der Waals surface area contributed by atoms with Gasteiger partial charge in [0, 0.05) is 11.9 Å². The standard InChI is InChI=1S/C17H19NO2S/c1-17(2,3)13-8-6-12(7-9-13)11-21-15-14(16(19)20)5-4-10-18-15/h4-10H,11H2,1-3H3,(H,19,20). The minimum Gasteiger partial charge on any atom is -0.478 e. The molecule has 110 valence electrons. The van der Waals surface area contributed by atoms with Crippen molar-refractivity contribution in [3.05, 3.63) is 59.3 Å². The molecule has 1 aromatic heterocycles. The number of carbonyl (C=O) groups is 1. The first kappa shape index (κ1) is 15.6. The van der Waals surface area contributed by atoms with Gasteiger partial charge in [-0.1, -0.05) is 45.0 Å². The molecule has 0 unspecified atom stereocenters. The zero-order valence-corrected chi connectivity index (χ0v) is 13.3. The van der Waals surface area contributed by atoms with Crippen LogP contribution in [-0.2, 0) is 11.2 Å². The maximum Gasteiger partial charge on any atom is 0.338 e. The van der Waals surface area contributed by atoms with Crippen LogP contribution >= 0.6 is 11.8 Å². The summed E-state index contributed by atoms with van der Waals surface area (Å²) < 4.78 is 0. The number of thioether (sulfide) groups is 1. The molecule has 0 aliphatic heterocycles. The third kappa shape index (κ3) is 4.08. The van der Waals surface area contributed by atoms with E-state index in [0.29, 0.717) is 10.8 Å². The Bertz CT molecular complexity index is 630. The van der Waals surface area contributed by atoms with Gasteiger partial charge >= 0.3 is 5.97 Å². The number of nitrogens with zero attached hydrogens (tertiary/aromatic N) is 1. The van der Waals surface area contributed by atoms with E-state index in [9.17, 15) is 4.79 Å². The van der Waals surface area contributed by atoms with Crippen molar-refractivity contribution in [3.8, 4) is 0 Å². The van der Waals surface area contributed by atoms with E-state index in [1.165, 1.54) is 17.3 Å². The normalized spacial score (nSPS) is 11.4. The number of benzene rings is 1. The van der Waals surface area contributed by atoms with Gasteiger partial charge in [-0.15, -0.1) is 11.8 Å². The number of aromatic carboxylic acids is 1. The minimum atomic E-state index is -0.936. The van der Waals surface area contributed by atoms with Crippen LogP contribution in [0.5, 0.6) is 0 Å². The summed E-state index contributed by atoms with van der Waals surface area (Å²) in [6.07, 6.45) is 1.62. The second-order valence-electron chi connectivity index (χ2n) is 5.90. The molecule has 0 aliphatic carbocycles. The molecule has 3 nitrogen and oxygen atoms in total. The van der Waals surface area contributed by atoms with Crippen molar-refractivity contribution >= 4 is 17.7 Å². The summed E-state index contributed by atoms with van der Waals surface area (Å²) in [5.74, 6) is -0.226. The molecule has 2 aromatic rings. The Hall–Kier alpha value is -1.81. The van der Waals surface area contributed by atoms with Crippen molar-refractivity contribution in [1.82, 2.24) is 4.98 Å². The van der Waals surface area contributed by atoms with Crippen LogP contribution in [0.25, 0.3) is 0 Å². The van der Waals surface area contributed by atoms with Crippen molar-refractivity contribution in [2.45, 2.75) is 37.0 Å². The number of hydrogen-bond acceptors (Lipinski definition) is 3. The van der Waals surface area contributed by atoms with Crippen LogP contribution < -0.4 is 0 Å². The molecule has 0 saturated carbocycles. The summed E-state index contributed by atoms with van der Waals surface area (Å²) in [6.45, 7) is 6.55. The molecule has 2 rings (SSSR count). The lowest BCUT2D eigenvalue weighted by atomic mass is 9.87.